The summed E-state index contributed by atoms with van der Waals surface area (Å²) in [6, 6.07) is 7.24. The summed E-state index contributed by atoms with van der Waals surface area (Å²) in [5, 5.41) is 3.05. The summed E-state index contributed by atoms with van der Waals surface area (Å²) < 4.78 is 5.05. The van der Waals surface area contributed by atoms with E-state index in [2.05, 4.69) is 5.32 Å². The molecule has 0 spiro atoms. The van der Waals surface area contributed by atoms with Gasteiger partial charge in [0.1, 0.15) is 6.04 Å². The Morgan fingerprint density at radius 2 is 2.31 bits per heavy atom. The molecular formula is C12H18N2O2. The van der Waals surface area contributed by atoms with E-state index in [1.807, 2.05) is 31.2 Å². The summed E-state index contributed by atoms with van der Waals surface area (Å²) >= 11 is 0. The minimum absolute atomic E-state index is 0.364. The second kappa shape index (κ2) is 6.25. The Morgan fingerprint density at radius 1 is 1.56 bits per heavy atom. The van der Waals surface area contributed by atoms with Crippen LogP contribution in [-0.2, 0) is 16.1 Å². The van der Waals surface area contributed by atoms with Crippen LogP contribution in [0.2, 0.25) is 0 Å². The van der Waals surface area contributed by atoms with E-state index in [0.29, 0.717) is 13.2 Å². The van der Waals surface area contributed by atoms with E-state index in [9.17, 15) is 4.79 Å². The maximum absolute atomic E-state index is 11.3. The molecular weight excluding hydrogens is 204 g/mol. The standard InChI is InChI=1S/C12H18N2O2/c1-3-14-11(12(13)15)10-6-4-5-9(7-10)8-16-2/h4-7,11,14H,3,8H2,1-2H3,(H2,13,15). The Morgan fingerprint density at radius 3 is 2.88 bits per heavy atom. The number of nitrogens with one attached hydrogen (secondary N) is 1. The number of primary amides is 1. The highest BCUT2D eigenvalue weighted by Crippen LogP contribution is 2.14. The molecule has 3 N–H and O–H groups in total. The molecule has 16 heavy (non-hydrogen) atoms. The summed E-state index contributed by atoms with van der Waals surface area (Å²) in [5.41, 5.74) is 7.26. The van der Waals surface area contributed by atoms with Crippen LogP contribution in [0.25, 0.3) is 0 Å². The Labute approximate surface area is 95.8 Å². The average Bonchev–Trinajstić information content (AvgIpc) is 2.26. The second-order valence-corrected chi connectivity index (χ2v) is 3.57. The van der Waals surface area contributed by atoms with Gasteiger partial charge in [-0.05, 0) is 17.7 Å². The normalized spacial score (nSPS) is 12.4. The van der Waals surface area contributed by atoms with Crippen LogP contribution in [0.5, 0.6) is 0 Å². The number of nitrogens with two attached hydrogens (primary N) is 1. The van der Waals surface area contributed by atoms with Crippen molar-refractivity contribution in [3.05, 3.63) is 35.4 Å². The quantitative estimate of drug-likeness (QED) is 0.753. The molecule has 88 valence electrons. The number of benzene rings is 1. The molecule has 1 rings (SSSR count). The summed E-state index contributed by atoms with van der Waals surface area (Å²) in [6.45, 7) is 3.17. The lowest BCUT2D eigenvalue weighted by Gasteiger charge is -2.15. The van der Waals surface area contributed by atoms with Crippen LogP contribution < -0.4 is 11.1 Å². The van der Waals surface area contributed by atoms with Gasteiger partial charge in [-0.15, -0.1) is 0 Å². The first-order chi connectivity index (χ1) is 7.69. The number of hydrogen-bond donors (Lipinski definition) is 2. The van der Waals surface area contributed by atoms with Gasteiger partial charge in [-0.1, -0.05) is 31.2 Å². The van der Waals surface area contributed by atoms with Crippen molar-refractivity contribution in [3.63, 3.8) is 0 Å². The van der Waals surface area contributed by atoms with Gasteiger partial charge in [-0.25, -0.2) is 0 Å². The molecule has 0 aliphatic heterocycles. The zero-order valence-electron chi connectivity index (χ0n) is 9.69. The molecule has 0 aromatic heterocycles. The average molecular weight is 222 g/mol. The predicted octanol–water partition coefficient (Wildman–Crippen LogP) is 0.969. The monoisotopic (exact) mass is 222 g/mol. The third-order valence-corrected chi connectivity index (χ3v) is 2.29. The number of ether oxygens (including phenoxy) is 1. The number of likely N-dealkylation sites (N-methyl/N-ethyl adjacent to an activating group) is 1. The maximum Gasteiger partial charge on any atom is 0.239 e. The highest BCUT2D eigenvalue weighted by molar-refractivity contribution is 5.81. The Hall–Kier alpha value is -1.39. The predicted molar refractivity (Wildman–Crippen MR) is 62.8 cm³/mol. The number of amides is 1. The van der Waals surface area contributed by atoms with Gasteiger partial charge >= 0.3 is 0 Å². The molecule has 0 bridgehead atoms. The van der Waals surface area contributed by atoms with Gasteiger partial charge in [0.2, 0.25) is 5.91 Å². The lowest BCUT2D eigenvalue weighted by Crippen LogP contribution is -2.33. The fourth-order valence-corrected chi connectivity index (χ4v) is 1.62. The van der Waals surface area contributed by atoms with E-state index in [1.54, 1.807) is 7.11 Å². The summed E-state index contributed by atoms with van der Waals surface area (Å²) in [4.78, 5) is 11.3. The minimum atomic E-state index is -0.429. The van der Waals surface area contributed by atoms with Crippen molar-refractivity contribution in [2.75, 3.05) is 13.7 Å². The molecule has 1 aromatic rings. The van der Waals surface area contributed by atoms with Crippen molar-refractivity contribution >= 4 is 5.91 Å². The number of methoxy groups -OCH3 is 1. The molecule has 1 unspecified atom stereocenters. The topological polar surface area (TPSA) is 64.3 Å². The molecule has 0 radical (unpaired) electrons. The van der Waals surface area contributed by atoms with Crippen LogP contribution in [0.4, 0.5) is 0 Å². The number of rotatable bonds is 6. The Balaban J connectivity index is 2.90. The Kier molecular flexibility index (Phi) is 4.95. The SMILES string of the molecule is CCNC(C(N)=O)c1cccc(COC)c1. The molecule has 0 fully saturated rings. The van der Waals surface area contributed by atoms with Crippen LogP contribution in [0.3, 0.4) is 0 Å². The van der Waals surface area contributed by atoms with Gasteiger partial charge in [-0.2, -0.15) is 0 Å². The van der Waals surface area contributed by atoms with Crippen LogP contribution in [0, 0.1) is 0 Å². The third-order valence-electron chi connectivity index (χ3n) is 2.29. The lowest BCUT2D eigenvalue weighted by atomic mass is 10.0. The molecule has 0 aliphatic carbocycles. The molecule has 0 heterocycles. The lowest BCUT2D eigenvalue weighted by molar-refractivity contribution is -0.120. The van der Waals surface area contributed by atoms with Gasteiger partial charge in [0.05, 0.1) is 6.61 Å². The van der Waals surface area contributed by atoms with Gasteiger partial charge in [-0.3, -0.25) is 4.79 Å². The van der Waals surface area contributed by atoms with Crippen molar-refractivity contribution < 1.29 is 9.53 Å². The molecule has 0 saturated carbocycles. The molecule has 1 aromatic carbocycles. The van der Waals surface area contributed by atoms with Crippen molar-refractivity contribution in [1.82, 2.24) is 5.32 Å². The fourth-order valence-electron chi connectivity index (χ4n) is 1.62. The van der Waals surface area contributed by atoms with E-state index >= 15 is 0 Å². The van der Waals surface area contributed by atoms with Gasteiger partial charge < -0.3 is 15.8 Å². The molecule has 0 aliphatic rings. The van der Waals surface area contributed by atoms with Crippen LogP contribution in [0.15, 0.2) is 24.3 Å². The van der Waals surface area contributed by atoms with Crippen molar-refractivity contribution in [1.29, 1.82) is 0 Å². The second-order valence-electron chi connectivity index (χ2n) is 3.57. The zero-order valence-corrected chi connectivity index (χ0v) is 9.69. The molecule has 4 heteroatoms. The van der Waals surface area contributed by atoms with Crippen LogP contribution in [0.1, 0.15) is 24.1 Å². The van der Waals surface area contributed by atoms with E-state index in [0.717, 1.165) is 11.1 Å². The van der Waals surface area contributed by atoms with Gasteiger partial charge in [0.25, 0.3) is 0 Å². The molecule has 1 atom stereocenters. The van der Waals surface area contributed by atoms with Crippen molar-refractivity contribution in [2.24, 2.45) is 5.73 Å². The molecule has 0 saturated heterocycles. The molecule has 1 amide bonds. The summed E-state index contributed by atoms with van der Waals surface area (Å²) in [6.07, 6.45) is 0. The first kappa shape index (κ1) is 12.7. The fraction of sp³-hybridized carbons (Fsp3) is 0.417. The third kappa shape index (κ3) is 3.32. The number of carbonyl (C=O) groups excluding carboxylic acids is 1. The smallest absolute Gasteiger partial charge is 0.239 e. The first-order valence-electron chi connectivity index (χ1n) is 5.29. The number of hydrogen-bond acceptors (Lipinski definition) is 3. The molecule has 4 nitrogen and oxygen atoms in total. The van der Waals surface area contributed by atoms with Crippen molar-refractivity contribution in [2.45, 2.75) is 19.6 Å². The van der Waals surface area contributed by atoms with Crippen molar-refractivity contribution in [3.8, 4) is 0 Å². The first-order valence-corrected chi connectivity index (χ1v) is 5.29. The minimum Gasteiger partial charge on any atom is -0.380 e. The largest absolute Gasteiger partial charge is 0.380 e. The summed E-state index contributed by atoms with van der Waals surface area (Å²) in [5.74, 6) is -0.364. The zero-order chi connectivity index (χ0) is 12.0. The van der Waals surface area contributed by atoms with Gasteiger partial charge in [0.15, 0.2) is 0 Å². The van der Waals surface area contributed by atoms with E-state index in [4.69, 9.17) is 10.5 Å². The van der Waals surface area contributed by atoms with E-state index in [-0.39, 0.29) is 5.91 Å². The number of carbonyl (C=O) groups is 1. The maximum atomic E-state index is 11.3. The van der Waals surface area contributed by atoms with E-state index in [1.165, 1.54) is 0 Å². The Bertz CT molecular complexity index is 353. The van der Waals surface area contributed by atoms with Crippen LogP contribution >= 0.6 is 0 Å². The van der Waals surface area contributed by atoms with Crippen LogP contribution in [-0.4, -0.2) is 19.6 Å². The van der Waals surface area contributed by atoms with Gasteiger partial charge in [0, 0.05) is 7.11 Å². The highest BCUT2D eigenvalue weighted by Gasteiger charge is 2.16. The van der Waals surface area contributed by atoms with E-state index < -0.39 is 6.04 Å². The highest BCUT2D eigenvalue weighted by atomic mass is 16.5. The summed E-state index contributed by atoms with van der Waals surface area (Å²) in [7, 11) is 1.64.